The van der Waals surface area contributed by atoms with E-state index in [1.54, 1.807) is 0 Å². The summed E-state index contributed by atoms with van der Waals surface area (Å²) >= 11 is 6.42. The molecule has 0 spiro atoms. The lowest BCUT2D eigenvalue weighted by Crippen LogP contribution is -2.27. The number of hydrogen-bond donors (Lipinski definition) is 1. The molecule has 1 aliphatic carbocycles. The zero-order chi connectivity index (χ0) is 14.7. The van der Waals surface area contributed by atoms with Crippen molar-refractivity contribution >= 4 is 17.3 Å². The molecule has 2 N–H and O–H groups in total. The van der Waals surface area contributed by atoms with Crippen molar-refractivity contribution in [2.75, 3.05) is 11.4 Å². The minimum absolute atomic E-state index is 0.152. The lowest BCUT2D eigenvalue weighted by atomic mass is 10.1. The smallest absolute Gasteiger partial charge is 0.0459 e. The average molecular weight is 295 g/mol. The molecule has 0 amide bonds. The Kier molecular flexibility index (Phi) is 5.34. The first-order chi connectivity index (χ1) is 9.47. The van der Waals surface area contributed by atoms with Crippen molar-refractivity contribution in [2.24, 2.45) is 11.7 Å². The van der Waals surface area contributed by atoms with Gasteiger partial charge in [-0.3, -0.25) is 0 Å². The SMILES string of the molecule is CC(C)CCN(c1ccc(CC(C)N)c(Cl)c1)C1CC1. The molecule has 0 aromatic heterocycles. The third kappa shape index (κ3) is 4.39. The maximum absolute atomic E-state index is 6.42. The predicted molar refractivity (Wildman–Crippen MR) is 88.6 cm³/mol. The average Bonchev–Trinajstić information content (AvgIpc) is 3.16. The summed E-state index contributed by atoms with van der Waals surface area (Å²) < 4.78 is 0. The van der Waals surface area contributed by atoms with Gasteiger partial charge in [-0.15, -0.1) is 0 Å². The Hall–Kier alpha value is -0.730. The van der Waals surface area contributed by atoms with Crippen LogP contribution >= 0.6 is 11.6 Å². The second-order valence-corrected chi connectivity index (χ2v) is 6.97. The van der Waals surface area contributed by atoms with Gasteiger partial charge in [0.25, 0.3) is 0 Å². The van der Waals surface area contributed by atoms with Gasteiger partial charge in [0, 0.05) is 29.3 Å². The molecule has 1 unspecified atom stereocenters. The normalized spacial score (nSPS) is 16.5. The molecule has 1 fully saturated rings. The van der Waals surface area contributed by atoms with Crippen molar-refractivity contribution in [1.29, 1.82) is 0 Å². The van der Waals surface area contributed by atoms with Crippen LogP contribution in [0.15, 0.2) is 18.2 Å². The minimum atomic E-state index is 0.152. The van der Waals surface area contributed by atoms with Crippen molar-refractivity contribution in [3.05, 3.63) is 28.8 Å². The van der Waals surface area contributed by atoms with Crippen LogP contribution in [0.25, 0.3) is 0 Å². The second kappa shape index (κ2) is 6.82. The molecule has 1 atom stereocenters. The molecular weight excluding hydrogens is 268 g/mol. The number of rotatable bonds is 7. The van der Waals surface area contributed by atoms with E-state index >= 15 is 0 Å². The molecule has 2 rings (SSSR count). The van der Waals surface area contributed by atoms with Crippen molar-refractivity contribution in [3.63, 3.8) is 0 Å². The van der Waals surface area contributed by atoms with Crippen LogP contribution in [0.5, 0.6) is 0 Å². The van der Waals surface area contributed by atoms with E-state index in [-0.39, 0.29) is 6.04 Å². The fourth-order valence-corrected chi connectivity index (χ4v) is 2.79. The molecule has 1 saturated carbocycles. The van der Waals surface area contributed by atoms with Gasteiger partial charge in [0.1, 0.15) is 0 Å². The van der Waals surface area contributed by atoms with Gasteiger partial charge >= 0.3 is 0 Å². The van der Waals surface area contributed by atoms with Gasteiger partial charge in [-0.05, 0) is 56.2 Å². The minimum Gasteiger partial charge on any atom is -0.368 e. The molecular formula is C17H27ClN2. The molecule has 0 radical (unpaired) electrons. The zero-order valence-electron chi connectivity index (χ0n) is 12.9. The van der Waals surface area contributed by atoms with Crippen LogP contribution in [-0.2, 0) is 6.42 Å². The van der Waals surface area contributed by atoms with Crippen LogP contribution in [0.1, 0.15) is 45.6 Å². The lowest BCUT2D eigenvalue weighted by molar-refractivity contribution is 0.571. The van der Waals surface area contributed by atoms with Crippen molar-refractivity contribution in [3.8, 4) is 0 Å². The van der Waals surface area contributed by atoms with Crippen LogP contribution in [0.3, 0.4) is 0 Å². The fraction of sp³-hybridized carbons (Fsp3) is 0.647. The standard InChI is InChI=1S/C17H27ClN2/c1-12(2)8-9-20(15-6-7-15)16-5-4-14(10-13(3)19)17(18)11-16/h4-5,11-13,15H,6-10,19H2,1-3H3. The summed E-state index contributed by atoms with van der Waals surface area (Å²) in [6, 6.07) is 7.36. The fourth-order valence-electron chi connectivity index (χ4n) is 2.53. The Labute approximate surface area is 128 Å². The van der Waals surface area contributed by atoms with Crippen molar-refractivity contribution in [2.45, 2.75) is 58.5 Å². The van der Waals surface area contributed by atoms with Gasteiger partial charge in [0.05, 0.1) is 0 Å². The summed E-state index contributed by atoms with van der Waals surface area (Å²) in [5.41, 5.74) is 8.29. The van der Waals surface area contributed by atoms with Crippen LogP contribution in [0, 0.1) is 5.92 Å². The highest BCUT2D eigenvalue weighted by atomic mass is 35.5. The highest BCUT2D eigenvalue weighted by Crippen LogP contribution is 2.34. The van der Waals surface area contributed by atoms with Gasteiger partial charge in [-0.2, -0.15) is 0 Å². The third-order valence-corrected chi connectivity index (χ3v) is 4.20. The summed E-state index contributed by atoms with van der Waals surface area (Å²) in [7, 11) is 0. The quantitative estimate of drug-likeness (QED) is 0.815. The van der Waals surface area contributed by atoms with Crippen LogP contribution in [0.2, 0.25) is 5.02 Å². The summed E-state index contributed by atoms with van der Waals surface area (Å²) in [6.45, 7) is 7.71. The van der Waals surface area contributed by atoms with Gasteiger partial charge < -0.3 is 10.6 Å². The van der Waals surface area contributed by atoms with E-state index in [0.29, 0.717) is 0 Å². The van der Waals surface area contributed by atoms with E-state index in [4.69, 9.17) is 17.3 Å². The topological polar surface area (TPSA) is 29.3 Å². The number of halogens is 1. The molecule has 1 aromatic rings. The Morgan fingerprint density at radius 3 is 2.50 bits per heavy atom. The van der Waals surface area contributed by atoms with Gasteiger partial charge in [-0.1, -0.05) is 31.5 Å². The Morgan fingerprint density at radius 2 is 2.00 bits per heavy atom. The second-order valence-electron chi connectivity index (χ2n) is 6.56. The van der Waals surface area contributed by atoms with E-state index < -0.39 is 0 Å². The lowest BCUT2D eigenvalue weighted by Gasteiger charge is -2.26. The van der Waals surface area contributed by atoms with E-state index in [2.05, 4.69) is 36.9 Å². The first-order valence-electron chi connectivity index (χ1n) is 7.78. The molecule has 1 aliphatic rings. The van der Waals surface area contributed by atoms with E-state index in [1.807, 2.05) is 6.92 Å². The summed E-state index contributed by atoms with van der Waals surface area (Å²) in [5, 5.41) is 0.856. The molecule has 2 nitrogen and oxygen atoms in total. The molecule has 0 bridgehead atoms. The number of nitrogens with zero attached hydrogens (tertiary/aromatic N) is 1. The molecule has 20 heavy (non-hydrogen) atoms. The number of benzene rings is 1. The van der Waals surface area contributed by atoms with Crippen LogP contribution in [0.4, 0.5) is 5.69 Å². The molecule has 0 heterocycles. The molecule has 0 aliphatic heterocycles. The highest BCUT2D eigenvalue weighted by Gasteiger charge is 2.29. The van der Waals surface area contributed by atoms with E-state index in [9.17, 15) is 0 Å². The first-order valence-corrected chi connectivity index (χ1v) is 8.15. The Morgan fingerprint density at radius 1 is 1.30 bits per heavy atom. The van der Waals surface area contributed by atoms with Gasteiger partial charge in [0.15, 0.2) is 0 Å². The molecule has 0 saturated heterocycles. The summed E-state index contributed by atoms with van der Waals surface area (Å²) in [6.07, 6.45) is 4.71. The summed E-state index contributed by atoms with van der Waals surface area (Å²) in [5.74, 6) is 0.740. The largest absolute Gasteiger partial charge is 0.368 e. The Bertz CT molecular complexity index is 439. The summed E-state index contributed by atoms with van der Waals surface area (Å²) in [4.78, 5) is 2.53. The molecule has 3 heteroatoms. The number of hydrogen-bond acceptors (Lipinski definition) is 2. The maximum atomic E-state index is 6.42. The monoisotopic (exact) mass is 294 g/mol. The van der Waals surface area contributed by atoms with Crippen molar-refractivity contribution < 1.29 is 0 Å². The van der Waals surface area contributed by atoms with E-state index in [1.165, 1.54) is 24.9 Å². The van der Waals surface area contributed by atoms with E-state index in [0.717, 1.165) is 35.5 Å². The molecule has 112 valence electrons. The first kappa shape index (κ1) is 15.7. The molecule has 1 aromatic carbocycles. The van der Waals surface area contributed by atoms with Gasteiger partial charge in [0.2, 0.25) is 0 Å². The van der Waals surface area contributed by atoms with Gasteiger partial charge in [-0.25, -0.2) is 0 Å². The highest BCUT2D eigenvalue weighted by molar-refractivity contribution is 6.31. The van der Waals surface area contributed by atoms with Crippen LogP contribution < -0.4 is 10.6 Å². The maximum Gasteiger partial charge on any atom is 0.0459 e. The number of nitrogens with two attached hydrogens (primary N) is 1. The van der Waals surface area contributed by atoms with Crippen molar-refractivity contribution in [1.82, 2.24) is 0 Å². The van der Waals surface area contributed by atoms with Crippen LogP contribution in [-0.4, -0.2) is 18.6 Å². The predicted octanol–water partition coefficient (Wildman–Crippen LogP) is 4.24. The third-order valence-electron chi connectivity index (χ3n) is 3.85. The Balaban J connectivity index is 2.10. The zero-order valence-corrected chi connectivity index (χ0v) is 13.7. The number of anilines is 1.